The molecule has 0 radical (unpaired) electrons. The molecule has 0 aromatic heterocycles. The Balaban J connectivity index is 1.51. The topological polar surface area (TPSA) is 75.7 Å². The zero-order valence-electron chi connectivity index (χ0n) is 16.4. The van der Waals surface area contributed by atoms with Gasteiger partial charge in [-0.3, -0.25) is 9.59 Å². The predicted octanol–water partition coefficient (Wildman–Crippen LogP) is 2.63. The number of halogens is 1. The van der Waals surface area contributed by atoms with Gasteiger partial charge in [0.1, 0.15) is 5.82 Å². The van der Waals surface area contributed by atoms with Crippen molar-refractivity contribution < 1.29 is 23.5 Å². The first-order valence-electron chi connectivity index (χ1n) is 9.40. The number of ether oxygens (including phenoxy) is 1. The Morgan fingerprint density at radius 2 is 1.93 bits per heavy atom. The number of anilines is 1. The third kappa shape index (κ3) is 4.80. The van der Waals surface area contributed by atoms with Crippen LogP contribution in [0.1, 0.15) is 27.9 Å². The van der Waals surface area contributed by atoms with E-state index in [2.05, 4.69) is 10.1 Å². The number of nitrogens with one attached hydrogen (secondary N) is 1. The quantitative estimate of drug-likeness (QED) is 0.759. The van der Waals surface area contributed by atoms with E-state index in [1.807, 2.05) is 12.1 Å². The maximum absolute atomic E-state index is 13.8. The lowest BCUT2D eigenvalue weighted by Gasteiger charge is -2.17. The summed E-state index contributed by atoms with van der Waals surface area (Å²) >= 11 is 0. The zero-order chi connectivity index (χ0) is 21.0. The van der Waals surface area contributed by atoms with Gasteiger partial charge < -0.3 is 15.0 Å². The minimum absolute atomic E-state index is 0.106. The Hall–Kier alpha value is -3.22. The molecule has 0 bridgehead atoms. The first-order valence-corrected chi connectivity index (χ1v) is 9.40. The van der Waals surface area contributed by atoms with E-state index in [1.54, 1.807) is 31.2 Å². The highest BCUT2D eigenvalue weighted by atomic mass is 19.1. The van der Waals surface area contributed by atoms with Crippen LogP contribution in [0.2, 0.25) is 0 Å². The molecule has 152 valence electrons. The van der Waals surface area contributed by atoms with Gasteiger partial charge in [0.15, 0.2) is 0 Å². The van der Waals surface area contributed by atoms with Crippen LogP contribution in [0.15, 0.2) is 42.5 Å². The lowest BCUT2D eigenvalue weighted by atomic mass is 10.1. The summed E-state index contributed by atoms with van der Waals surface area (Å²) in [6.07, 6.45) is 0.704. The van der Waals surface area contributed by atoms with Gasteiger partial charge >= 0.3 is 5.97 Å². The average molecular weight is 398 g/mol. The van der Waals surface area contributed by atoms with Gasteiger partial charge in [0.25, 0.3) is 0 Å². The summed E-state index contributed by atoms with van der Waals surface area (Å²) in [6.45, 7) is 2.31. The molecule has 0 saturated carbocycles. The number of amides is 2. The van der Waals surface area contributed by atoms with Crippen LogP contribution in [0.4, 0.5) is 10.1 Å². The van der Waals surface area contributed by atoms with E-state index in [0.29, 0.717) is 29.8 Å². The Kier molecular flexibility index (Phi) is 6.26. The number of rotatable bonds is 6. The molecular formula is C22H23FN2O4. The van der Waals surface area contributed by atoms with E-state index >= 15 is 0 Å². The molecule has 2 aromatic rings. The molecule has 0 aliphatic carbocycles. The highest BCUT2D eigenvalue weighted by molar-refractivity contribution is 6.00. The second kappa shape index (κ2) is 8.86. The fraction of sp³-hybridized carbons (Fsp3) is 0.318. The third-order valence-electron chi connectivity index (χ3n) is 5.05. The normalized spacial score (nSPS) is 16.0. The van der Waals surface area contributed by atoms with Gasteiger partial charge in [0.05, 0.1) is 18.6 Å². The fourth-order valence-electron chi connectivity index (χ4n) is 3.28. The molecule has 1 saturated heterocycles. The number of aryl methyl sites for hydroxylation is 1. The number of methoxy groups -OCH3 is 1. The molecular weight excluding hydrogens is 375 g/mol. The van der Waals surface area contributed by atoms with Gasteiger partial charge in [0.2, 0.25) is 11.8 Å². The smallest absolute Gasteiger partial charge is 0.337 e. The predicted molar refractivity (Wildman–Crippen MR) is 106 cm³/mol. The summed E-state index contributed by atoms with van der Waals surface area (Å²) in [6, 6.07) is 11.6. The van der Waals surface area contributed by atoms with Crippen molar-refractivity contribution in [3.63, 3.8) is 0 Å². The molecule has 3 rings (SSSR count). The van der Waals surface area contributed by atoms with E-state index in [0.717, 1.165) is 5.56 Å². The molecule has 0 spiro atoms. The van der Waals surface area contributed by atoms with Crippen LogP contribution in [-0.2, 0) is 20.7 Å². The van der Waals surface area contributed by atoms with Gasteiger partial charge in [-0.1, -0.05) is 18.2 Å². The molecule has 2 amide bonds. The van der Waals surface area contributed by atoms with E-state index in [9.17, 15) is 18.8 Å². The molecule has 29 heavy (non-hydrogen) atoms. The van der Waals surface area contributed by atoms with Crippen molar-refractivity contribution in [2.45, 2.75) is 19.8 Å². The molecule has 1 heterocycles. The summed E-state index contributed by atoms with van der Waals surface area (Å²) < 4.78 is 18.4. The largest absolute Gasteiger partial charge is 0.465 e. The number of carbonyl (C=O) groups is 3. The molecule has 1 atom stereocenters. The van der Waals surface area contributed by atoms with Crippen molar-refractivity contribution in [2.75, 3.05) is 25.1 Å². The van der Waals surface area contributed by atoms with Gasteiger partial charge in [0, 0.05) is 25.2 Å². The van der Waals surface area contributed by atoms with Crippen molar-refractivity contribution in [2.24, 2.45) is 5.92 Å². The minimum Gasteiger partial charge on any atom is -0.465 e. The molecule has 6 nitrogen and oxygen atoms in total. The standard InChI is InChI=1S/C22H23FN2O4/c1-14-3-8-18(12-19(14)23)25-13-17(11-20(25)26)21(27)24-10-9-15-4-6-16(7-5-15)22(28)29-2/h3-8,12,17H,9-11,13H2,1-2H3,(H,24,27)/t17-/m0/s1. The molecule has 1 fully saturated rings. The fourth-order valence-corrected chi connectivity index (χ4v) is 3.28. The van der Waals surface area contributed by atoms with Crippen molar-refractivity contribution in [3.05, 3.63) is 65.0 Å². The Morgan fingerprint density at radius 3 is 2.59 bits per heavy atom. The SMILES string of the molecule is COC(=O)c1ccc(CCNC(=O)[C@H]2CC(=O)N(c3ccc(C)c(F)c3)C2)cc1. The Bertz CT molecular complexity index is 927. The Labute approximate surface area is 168 Å². The molecule has 0 unspecified atom stereocenters. The zero-order valence-corrected chi connectivity index (χ0v) is 16.4. The van der Waals surface area contributed by atoms with Crippen molar-refractivity contribution >= 4 is 23.5 Å². The van der Waals surface area contributed by atoms with Gasteiger partial charge in [-0.05, 0) is 48.7 Å². The van der Waals surface area contributed by atoms with Gasteiger partial charge in [-0.15, -0.1) is 0 Å². The van der Waals surface area contributed by atoms with Crippen molar-refractivity contribution in [1.82, 2.24) is 5.32 Å². The molecule has 1 aliphatic heterocycles. The third-order valence-corrected chi connectivity index (χ3v) is 5.05. The second-order valence-corrected chi connectivity index (χ2v) is 7.07. The summed E-state index contributed by atoms with van der Waals surface area (Å²) in [4.78, 5) is 37.6. The maximum Gasteiger partial charge on any atom is 0.337 e. The van der Waals surface area contributed by atoms with Crippen LogP contribution < -0.4 is 10.2 Å². The van der Waals surface area contributed by atoms with Gasteiger partial charge in [-0.2, -0.15) is 0 Å². The van der Waals surface area contributed by atoms with Gasteiger partial charge in [-0.25, -0.2) is 9.18 Å². The average Bonchev–Trinajstić information content (AvgIpc) is 3.11. The minimum atomic E-state index is -0.464. The van der Waals surface area contributed by atoms with Crippen LogP contribution in [0.25, 0.3) is 0 Å². The van der Waals surface area contributed by atoms with Crippen LogP contribution >= 0.6 is 0 Å². The number of hydrogen-bond donors (Lipinski definition) is 1. The second-order valence-electron chi connectivity index (χ2n) is 7.07. The number of nitrogens with zero attached hydrogens (tertiary/aromatic N) is 1. The van der Waals surface area contributed by atoms with E-state index < -0.39 is 11.9 Å². The van der Waals surface area contributed by atoms with E-state index in [1.165, 1.54) is 18.1 Å². The monoisotopic (exact) mass is 398 g/mol. The van der Waals surface area contributed by atoms with Crippen LogP contribution in [0.3, 0.4) is 0 Å². The highest BCUT2D eigenvalue weighted by Gasteiger charge is 2.35. The first kappa shape index (κ1) is 20.5. The molecule has 7 heteroatoms. The first-order chi connectivity index (χ1) is 13.9. The summed E-state index contributed by atoms with van der Waals surface area (Å²) in [5.41, 5.74) is 2.42. The van der Waals surface area contributed by atoms with E-state index in [4.69, 9.17) is 0 Å². The number of esters is 1. The summed E-state index contributed by atoms with van der Waals surface area (Å²) in [7, 11) is 1.33. The Morgan fingerprint density at radius 1 is 1.21 bits per heavy atom. The van der Waals surface area contributed by atoms with Crippen LogP contribution in [-0.4, -0.2) is 38.0 Å². The number of carbonyl (C=O) groups excluding carboxylic acids is 3. The number of benzene rings is 2. The number of hydrogen-bond acceptors (Lipinski definition) is 4. The maximum atomic E-state index is 13.8. The van der Waals surface area contributed by atoms with Crippen molar-refractivity contribution in [3.8, 4) is 0 Å². The molecule has 2 aromatic carbocycles. The van der Waals surface area contributed by atoms with Crippen LogP contribution in [0.5, 0.6) is 0 Å². The van der Waals surface area contributed by atoms with E-state index in [-0.39, 0.29) is 30.6 Å². The summed E-state index contributed by atoms with van der Waals surface area (Å²) in [5, 5.41) is 2.85. The molecule has 1 aliphatic rings. The summed E-state index contributed by atoms with van der Waals surface area (Å²) in [5.74, 6) is -1.62. The lowest BCUT2D eigenvalue weighted by molar-refractivity contribution is -0.126. The van der Waals surface area contributed by atoms with Crippen LogP contribution in [0, 0.1) is 18.7 Å². The van der Waals surface area contributed by atoms with Crippen molar-refractivity contribution in [1.29, 1.82) is 0 Å². The highest BCUT2D eigenvalue weighted by Crippen LogP contribution is 2.26. The molecule has 1 N–H and O–H groups in total. The lowest BCUT2D eigenvalue weighted by Crippen LogP contribution is -2.34.